The van der Waals surface area contributed by atoms with Gasteiger partial charge in [-0.2, -0.15) is 0 Å². The molecule has 0 saturated carbocycles. The summed E-state index contributed by atoms with van der Waals surface area (Å²) in [5.41, 5.74) is 0. The van der Waals surface area contributed by atoms with Crippen LogP contribution in [0.3, 0.4) is 0 Å². The van der Waals surface area contributed by atoms with E-state index in [2.05, 4.69) is 10.6 Å². The maximum atomic E-state index is 10.6. The number of carbonyl (C=O) groups is 2. The van der Waals surface area contributed by atoms with Crippen LogP contribution in [0.15, 0.2) is 0 Å². The van der Waals surface area contributed by atoms with Crippen LogP contribution in [-0.2, 0) is 9.59 Å². The maximum Gasteiger partial charge on any atom is 0.224 e. The largest absolute Gasteiger partial charge is 0.372 e. The van der Waals surface area contributed by atoms with E-state index in [0.29, 0.717) is 0 Å². The number of nitrogens with one attached hydrogen (secondary N) is 2. The fraction of sp³-hybridized carbons (Fsp3) is 0.667. The monoisotopic (exact) mass is 158 g/mol. The van der Waals surface area contributed by atoms with E-state index in [4.69, 9.17) is 5.11 Å². The molecule has 0 spiro atoms. The van der Waals surface area contributed by atoms with Gasteiger partial charge in [0.25, 0.3) is 0 Å². The Balaban J connectivity index is 2.46. The minimum absolute atomic E-state index is 0.154. The number of carbonyl (C=O) groups excluding carboxylic acids is 2. The summed E-state index contributed by atoms with van der Waals surface area (Å²) < 4.78 is 0. The number of hydrogen-bond acceptors (Lipinski definition) is 3. The minimum Gasteiger partial charge on any atom is -0.372 e. The topological polar surface area (TPSA) is 78.4 Å². The zero-order chi connectivity index (χ0) is 8.43. The van der Waals surface area contributed by atoms with Gasteiger partial charge in [0, 0.05) is 6.92 Å². The molecule has 0 aliphatic carbocycles. The van der Waals surface area contributed by atoms with Crippen molar-refractivity contribution < 1.29 is 14.7 Å². The first kappa shape index (κ1) is 8.00. The first-order valence-electron chi connectivity index (χ1n) is 3.34. The molecule has 0 bridgehead atoms. The lowest BCUT2D eigenvalue weighted by molar-refractivity contribution is -0.120. The van der Waals surface area contributed by atoms with Crippen molar-refractivity contribution >= 4 is 11.8 Å². The summed E-state index contributed by atoms with van der Waals surface area (Å²) in [6.45, 7) is 1.34. The Morgan fingerprint density at radius 1 is 1.82 bits per heavy atom. The highest BCUT2D eigenvalue weighted by Gasteiger charge is 2.30. The van der Waals surface area contributed by atoms with Crippen molar-refractivity contribution in [2.24, 2.45) is 0 Å². The third kappa shape index (κ3) is 1.91. The van der Waals surface area contributed by atoms with Crippen molar-refractivity contribution in [1.82, 2.24) is 10.6 Å². The Bertz CT molecular complexity index is 192. The van der Waals surface area contributed by atoms with Gasteiger partial charge >= 0.3 is 0 Å². The lowest BCUT2D eigenvalue weighted by atomic mass is 10.2. The Kier molecular flexibility index (Phi) is 2.09. The van der Waals surface area contributed by atoms with Crippen molar-refractivity contribution in [3.8, 4) is 0 Å². The van der Waals surface area contributed by atoms with Crippen LogP contribution in [0.1, 0.15) is 13.3 Å². The van der Waals surface area contributed by atoms with Crippen LogP contribution < -0.4 is 10.6 Å². The van der Waals surface area contributed by atoms with E-state index in [0.717, 1.165) is 0 Å². The fourth-order valence-electron chi connectivity index (χ4n) is 1.03. The van der Waals surface area contributed by atoms with Crippen molar-refractivity contribution in [2.45, 2.75) is 25.6 Å². The first-order chi connectivity index (χ1) is 5.09. The van der Waals surface area contributed by atoms with Crippen LogP contribution in [-0.4, -0.2) is 29.2 Å². The second-order valence-corrected chi connectivity index (χ2v) is 2.52. The molecule has 1 aliphatic heterocycles. The third-order valence-corrected chi connectivity index (χ3v) is 1.48. The molecule has 1 heterocycles. The first-order valence-corrected chi connectivity index (χ1v) is 3.34. The molecule has 0 aromatic carbocycles. The van der Waals surface area contributed by atoms with E-state index >= 15 is 0 Å². The molecule has 5 heteroatoms. The van der Waals surface area contributed by atoms with E-state index in [1.807, 2.05) is 0 Å². The van der Waals surface area contributed by atoms with E-state index in [9.17, 15) is 9.59 Å². The molecule has 2 atom stereocenters. The molecule has 0 aromatic heterocycles. The van der Waals surface area contributed by atoms with E-state index in [1.165, 1.54) is 6.92 Å². The van der Waals surface area contributed by atoms with Gasteiger partial charge in [-0.3, -0.25) is 9.59 Å². The zero-order valence-corrected chi connectivity index (χ0v) is 6.13. The minimum atomic E-state index is -0.939. The predicted octanol–water partition coefficient (Wildman–Crippen LogP) is -1.67. The summed E-state index contributed by atoms with van der Waals surface area (Å²) in [6.07, 6.45) is -0.785. The van der Waals surface area contributed by atoms with Crippen LogP contribution in [0, 0.1) is 0 Å². The van der Waals surface area contributed by atoms with E-state index < -0.39 is 12.3 Å². The zero-order valence-electron chi connectivity index (χ0n) is 6.13. The van der Waals surface area contributed by atoms with Gasteiger partial charge in [0.05, 0.1) is 12.5 Å². The molecule has 1 unspecified atom stereocenters. The molecule has 0 aromatic rings. The molecule has 1 aliphatic rings. The lowest BCUT2D eigenvalue weighted by Crippen LogP contribution is -2.42. The van der Waals surface area contributed by atoms with Crippen molar-refractivity contribution in [1.29, 1.82) is 0 Å². The highest BCUT2D eigenvalue weighted by Crippen LogP contribution is 2.04. The maximum absolute atomic E-state index is 10.6. The van der Waals surface area contributed by atoms with E-state index in [-0.39, 0.29) is 18.2 Å². The summed E-state index contributed by atoms with van der Waals surface area (Å²) in [6, 6.07) is -0.472. The molecular weight excluding hydrogens is 148 g/mol. The number of hydrogen-bond donors (Lipinski definition) is 3. The summed E-state index contributed by atoms with van der Waals surface area (Å²) in [7, 11) is 0. The Labute approximate surface area is 63.8 Å². The second-order valence-electron chi connectivity index (χ2n) is 2.52. The van der Waals surface area contributed by atoms with Crippen molar-refractivity contribution in [3.05, 3.63) is 0 Å². The van der Waals surface area contributed by atoms with Crippen molar-refractivity contribution in [2.75, 3.05) is 0 Å². The van der Waals surface area contributed by atoms with Gasteiger partial charge in [0.2, 0.25) is 11.8 Å². The predicted molar refractivity (Wildman–Crippen MR) is 36.4 cm³/mol. The average Bonchev–Trinajstić information content (AvgIpc) is 2.09. The molecule has 1 fully saturated rings. The smallest absolute Gasteiger partial charge is 0.224 e. The van der Waals surface area contributed by atoms with E-state index in [1.54, 1.807) is 0 Å². The standard InChI is InChI=1S/C6H10N2O3/c1-3(9)7-4-2-5(10)8-6(4)11/h4,6,11H,2H2,1H3,(H,7,9)(H,8,10)/t4-,6?/m0/s1. The van der Waals surface area contributed by atoms with Gasteiger partial charge < -0.3 is 15.7 Å². The van der Waals surface area contributed by atoms with Gasteiger partial charge in [0.1, 0.15) is 6.23 Å². The number of aliphatic hydroxyl groups excluding tert-OH is 1. The molecule has 62 valence electrons. The Morgan fingerprint density at radius 3 is 2.82 bits per heavy atom. The van der Waals surface area contributed by atoms with Crippen LogP contribution in [0.4, 0.5) is 0 Å². The van der Waals surface area contributed by atoms with Crippen molar-refractivity contribution in [3.63, 3.8) is 0 Å². The highest BCUT2D eigenvalue weighted by molar-refractivity contribution is 5.81. The van der Waals surface area contributed by atoms with Gasteiger partial charge in [-0.05, 0) is 0 Å². The highest BCUT2D eigenvalue weighted by atomic mass is 16.3. The molecular formula is C6H10N2O3. The SMILES string of the molecule is CC(=O)N[C@H]1CC(=O)NC1O. The molecule has 3 N–H and O–H groups in total. The lowest BCUT2D eigenvalue weighted by Gasteiger charge is -2.12. The summed E-state index contributed by atoms with van der Waals surface area (Å²) >= 11 is 0. The quantitative estimate of drug-likeness (QED) is 0.427. The Morgan fingerprint density at radius 2 is 2.45 bits per heavy atom. The van der Waals surface area contributed by atoms with Gasteiger partial charge in [-0.1, -0.05) is 0 Å². The van der Waals surface area contributed by atoms with Gasteiger partial charge in [-0.25, -0.2) is 0 Å². The van der Waals surface area contributed by atoms with Crippen LogP contribution in [0.2, 0.25) is 0 Å². The van der Waals surface area contributed by atoms with Gasteiger partial charge in [-0.15, -0.1) is 0 Å². The molecule has 1 saturated heterocycles. The average molecular weight is 158 g/mol. The number of amides is 2. The summed E-state index contributed by atoms with van der Waals surface area (Å²) in [5, 5.41) is 13.8. The molecule has 5 nitrogen and oxygen atoms in total. The molecule has 11 heavy (non-hydrogen) atoms. The molecule has 0 radical (unpaired) electrons. The van der Waals surface area contributed by atoms with Crippen LogP contribution >= 0.6 is 0 Å². The molecule has 2 amide bonds. The fourth-order valence-corrected chi connectivity index (χ4v) is 1.03. The number of aliphatic hydroxyl groups is 1. The van der Waals surface area contributed by atoms with Crippen LogP contribution in [0.25, 0.3) is 0 Å². The molecule has 1 rings (SSSR count). The van der Waals surface area contributed by atoms with Gasteiger partial charge in [0.15, 0.2) is 0 Å². The summed E-state index contributed by atoms with van der Waals surface area (Å²) in [4.78, 5) is 21.1. The Hall–Kier alpha value is -1.10. The summed E-state index contributed by atoms with van der Waals surface area (Å²) in [5.74, 6) is -0.484. The number of rotatable bonds is 1. The normalized spacial score (nSPS) is 29.8. The van der Waals surface area contributed by atoms with Crippen LogP contribution in [0.5, 0.6) is 0 Å². The second kappa shape index (κ2) is 2.87. The third-order valence-electron chi connectivity index (χ3n) is 1.48.